The summed E-state index contributed by atoms with van der Waals surface area (Å²) in [7, 11) is 0. The third kappa shape index (κ3) is 2.90. The predicted molar refractivity (Wildman–Crippen MR) is 82.0 cm³/mol. The second kappa shape index (κ2) is 5.82. The third-order valence-electron chi connectivity index (χ3n) is 3.99. The molecule has 0 radical (unpaired) electrons. The van der Waals surface area contributed by atoms with Crippen LogP contribution in [0.4, 0.5) is 0 Å². The lowest BCUT2D eigenvalue weighted by molar-refractivity contribution is -0.142. The number of carbonyl (C=O) groups excluding carboxylic acids is 1. The van der Waals surface area contributed by atoms with Gasteiger partial charge in [-0.15, -0.1) is 0 Å². The van der Waals surface area contributed by atoms with Crippen molar-refractivity contribution in [2.75, 3.05) is 13.2 Å². The summed E-state index contributed by atoms with van der Waals surface area (Å²) >= 11 is 0. The minimum absolute atomic E-state index is 0.107. The van der Waals surface area contributed by atoms with E-state index in [1.165, 1.54) is 0 Å². The number of fused-ring (bicyclic) bond motifs is 1. The molecule has 2 atom stereocenters. The minimum atomic E-state index is 0.107. The fourth-order valence-corrected chi connectivity index (χ4v) is 2.83. The number of amides is 1. The summed E-state index contributed by atoms with van der Waals surface area (Å²) in [5, 5.41) is 1.08. The largest absolute Gasteiger partial charge is 0.375 e. The first-order valence-corrected chi connectivity index (χ1v) is 7.39. The number of para-hydroxylation sites is 1. The monoisotopic (exact) mass is 284 g/mol. The molecule has 110 valence electrons. The highest BCUT2D eigenvalue weighted by molar-refractivity contribution is 5.87. The van der Waals surface area contributed by atoms with Crippen LogP contribution in [0.3, 0.4) is 0 Å². The number of pyridine rings is 1. The zero-order valence-corrected chi connectivity index (χ0v) is 12.5. The highest BCUT2D eigenvalue weighted by atomic mass is 16.5. The molecule has 1 amide bonds. The van der Waals surface area contributed by atoms with Crippen LogP contribution in [0, 0.1) is 0 Å². The van der Waals surface area contributed by atoms with E-state index in [-0.39, 0.29) is 18.1 Å². The van der Waals surface area contributed by atoms with E-state index in [1.54, 1.807) is 6.20 Å². The molecule has 4 heteroatoms. The number of morpholine rings is 1. The van der Waals surface area contributed by atoms with Gasteiger partial charge in [0.15, 0.2) is 0 Å². The van der Waals surface area contributed by atoms with Gasteiger partial charge in [0.2, 0.25) is 5.91 Å². The Morgan fingerprint density at radius 3 is 3.00 bits per heavy atom. The first-order valence-electron chi connectivity index (χ1n) is 7.39. The topological polar surface area (TPSA) is 42.4 Å². The molecule has 3 rings (SSSR count). The Kier molecular flexibility index (Phi) is 3.88. The van der Waals surface area contributed by atoms with Crippen molar-refractivity contribution < 1.29 is 9.53 Å². The van der Waals surface area contributed by atoms with Gasteiger partial charge >= 0.3 is 0 Å². The second-order valence-corrected chi connectivity index (χ2v) is 5.71. The van der Waals surface area contributed by atoms with Crippen molar-refractivity contribution in [2.45, 2.75) is 32.4 Å². The van der Waals surface area contributed by atoms with Crippen LogP contribution in [0.25, 0.3) is 10.9 Å². The zero-order valence-electron chi connectivity index (χ0n) is 12.5. The Morgan fingerprint density at radius 2 is 2.14 bits per heavy atom. The number of hydrogen-bond donors (Lipinski definition) is 0. The van der Waals surface area contributed by atoms with Gasteiger partial charge in [0.25, 0.3) is 0 Å². The number of hydrogen-bond acceptors (Lipinski definition) is 3. The fraction of sp³-hybridized carbons (Fsp3) is 0.412. The van der Waals surface area contributed by atoms with Crippen molar-refractivity contribution in [3.8, 4) is 0 Å². The highest BCUT2D eigenvalue weighted by Gasteiger charge is 2.27. The number of aromatic nitrogens is 1. The standard InChI is InChI=1S/C17H20N2O2/c1-12-11-21-13(2)10-19(12)16(20)9-15-6-3-5-14-7-4-8-18-17(14)15/h3-8,12-13H,9-11H2,1-2H3. The summed E-state index contributed by atoms with van der Waals surface area (Å²) in [6.07, 6.45) is 2.28. The number of rotatable bonds is 2. The molecule has 0 N–H and O–H groups in total. The fourth-order valence-electron chi connectivity index (χ4n) is 2.83. The Bertz CT molecular complexity index is 651. The lowest BCUT2D eigenvalue weighted by Gasteiger charge is -2.37. The van der Waals surface area contributed by atoms with Crippen molar-refractivity contribution >= 4 is 16.8 Å². The van der Waals surface area contributed by atoms with Crippen LogP contribution in [-0.2, 0) is 16.0 Å². The van der Waals surface area contributed by atoms with E-state index in [9.17, 15) is 4.79 Å². The van der Waals surface area contributed by atoms with Crippen molar-refractivity contribution in [3.63, 3.8) is 0 Å². The van der Waals surface area contributed by atoms with Crippen LogP contribution >= 0.6 is 0 Å². The first kappa shape index (κ1) is 14.0. The second-order valence-electron chi connectivity index (χ2n) is 5.71. The Morgan fingerprint density at radius 1 is 1.33 bits per heavy atom. The van der Waals surface area contributed by atoms with Gasteiger partial charge in [-0.05, 0) is 25.5 Å². The highest BCUT2D eigenvalue weighted by Crippen LogP contribution is 2.19. The molecular weight excluding hydrogens is 264 g/mol. The molecule has 0 saturated carbocycles. The van der Waals surface area contributed by atoms with Gasteiger partial charge in [0.05, 0.1) is 30.7 Å². The normalized spacial score (nSPS) is 22.5. The molecule has 1 aliphatic rings. The molecule has 1 aliphatic heterocycles. The molecule has 0 bridgehead atoms. The number of carbonyl (C=O) groups is 1. The van der Waals surface area contributed by atoms with Crippen molar-refractivity contribution in [3.05, 3.63) is 42.1 Å². The van der Waals surface area contributed by atoms with E-state index in [0.29, 0.717) is 19.6 Å². The van der Waals surface area contributed by atoms with Crippen LogP contribution < -0.4 is 0 Å². The lowest BCUT2D eigenvalue weighted by Crippen LogP contribution is -2.50. The Labute approximate surface area is 124 Å². The van der Waals surface area contributed by atoms with E-state index in [0.717, 1.165) is 16.5 Å². The van der Waals surface area contributed by atoms with Gasteiger partial charge in [-0.1, -0.05) is 24.3 Å². The van der Waals surface area contributed by atoms with E-state index >= 15 is 0 Å². The van der Waals surface area contributed by atoms with E-state index in [1.807, 2.05) is 49.1 Å². The maximum atomic E-state index is 12.6. The third-order valence-corrected chi connectivity index (χ3v) is 3.99. The van der Waals surface area contributed by atoms with Crippen LogP contribution in [-0.4, -0.2) is 41.1 Å². The quantitative estimate of drug-likeness (QED) is 0.850. The molecule has 1 aromatic carbocycles. The van der Waals surface area contributed by atoms with Gasteiger partial charge in [-0.3, -0.25) is 9.78 Å². The van der Waals surface area contributed by atoms with E-state index < -0.39 is 0 Å². The summed E-state index contributed by atoms with van der Waals surface area (Å²) in [4.78, 5) is 19.0. The number of nitrogens with zero attached hydrogens (tertiary/aromatic N) is 2. The zero-order chi connectivity index (χ0) is 14.8. The van der Waals surface area contributed by atoms with E-state index in [2.05, 4.69) is 4.98 Å². The van der Waals surface area contributed by atoms with Crippen molar-refractivity contribution in [2.24, 2.45) is 0 Å². The Hall–Kier alpha value is -1.94. The maximum absolute atomic E-state index is 12.6. The summed E-state index contributed by atoms with van der Waals surface area (Å²) in [6, 6.07) is 10.1. The average molecular weight is 284 g/mol. The molecule has 0 aliphatic carbocycles. The average Bonchev–Trinajstić information content (AvgIpc) is 2.50. The van der Waals surface area contributed by atoms with Gasteiger partial charge in [0.1, 0.15) is 0 Å². The smallest absolute Gasteiger partial charge is 0.227 e. The van der Waals surface area contributed by atoms with Gasteiger partial charge in [-0.25, -0.2) is 0 Å². The maximum Gasteiger partial charge on any atom is 0.227 e. The molecule has 2 unspecified atom stereocenters. The molecule has 1 saturated heterocycles. The molecule has 0 spiro atoms. The van der Waals surface area contributed by atoms with Gasteiger partial charge in [0, 0.05) is 18.1 Å². The SMILES string of the molecule is CC1CN(C(=O)Cc2cccc3cccnc23)C(C)CO1. The van der Waals surface area contributed by atoms with E-state index in [4.69, 9.17) is 4.74 Å². The summed E-state index contributed by atoms with van der Waals surface area (Å²) in [5.74, 6) is 0.149. The summed E-state index contributed by atoms with van der Waals surface area (Å²) in [5.41, 5.74) is 1.91. The minimum Gasteiger partial charge on any atom is -0.375 e. The lowest BCUT2D eigenvalue weighted by atomic mass is 10.1. The summed E-state index contributed by atoms with van der Waals surface area (Å²) < 4.78 is 5.58. The molecular formula is C17H20N2O2. The van der Waals surface area contributed by atoms with Crippen LogP contribution in [0.5, 0.6) is 0 Å². The molecule has 21 heavy (non-hydrogen) atoms. The first-order chi connectivity index (χ1) is 10.1. The van der Waals surface area contributed by atoms with Crippen LogP contribution in [0.1, 0.15) is 19.4 Å². The van der Waals surface area contributed by atoms with Crippen molar-refractivity contribution in [1.82, 2.24) is 9.88 Å². The van der Waals surface area contributed by atoms with Crippen LogP contribution in [0.2, 0.25) is 0 Å². The molecule has 1 aromatic heterocycles. The van der Waals surface area contributed by atoms with Gasteiger partial charge < -0.3 is 9.64 Å². The molecule has 1 fully saturated rings. The van der Waals surface area contributed by atoms with Crippen molar-refractivity contribution in [1.29, 1.82) is 0 Å². The Balaban J connectivity index is 1.83. The van der Waals surface area contributed by atoms with Gasteiger partial charge in [-0.2, -0.15) is 0 Å². The van der Waals surface area contributed by atoms with Crippen LogP contribution in [0.15, 0.2) is 36.5 Å². The molecule has 2 heterocycles. The molecule has 2 aromatic rings. The number of benzene rings is 1. The number of ether oxygens (including phenoxy) is 1. The molecule has 4 nitrogen and oxygen atoms in total. The predicted octanol–water partition coefficient (Wildman–Crippen LogP) is 2.41. The summed E-state index contributed by atoms with van der Waals surface area (Å²) in [6.45, 7) is 5.32.